The zero-order valence-corrected chi connectivity index (χ0v) is 18.0. The van der Waals surface area contributed by atoms with Crippen LogP contribution in [0, 0.1) is 0 Å². The molecule has 0 spiro atoms. The molecule has 0 bridgehead atoms. The van der Waals surface area contributed by atoms with Crippen molar-refractivity contribution in [3.63, 3.8) is 0 Å². The molecule has 0 aromatic heterocycles. The molecule has 1 aliphatic heterocycles. The van der Waals surface area contributed by atoms with Crippen molar-refractivity contribution in [1.29, 1.82) is 0 Å². The molecule has 1 saturated carbocycles. The third-order valence-corrected chi connectivity index (χ3v) is 6.02. The number of phenolic OH excluding ortho intramolecular Hbond substituents is 1. The van der Waals surface area contributed by atoms with Gasteiger partial charge in [-0.3, -0.25) is 4.99 Å². The van der Waals surface area contributed by atoms with Gasteiger partial charge in [0.2, 0.25) is 0 Å². The number of benzene rings is 1. The third kappa shape index (κ3) is 6.81. The summed E-state index contributed by atoms with van der Waals surface area (Å²) >= 11 is 0. The molecule has 162 valence electrons. The fourth-order valence-electron chi connectivity index (χ4n) is 4.31. The number of ether oxygens (including phenoxy) is 1. The second-order valence-electron chi connectivity index (χ2n) is 8.13. The minimum absolute atomic E-state index is 0.356. The summed E-state index contributed by atoms with van der Waals surface area (Å²) in [5, 5.41) is 13.6. The Morgan fingerprint density at radius 3 is 2.48 bits per heavy atom. The van der Waals surface area contributed by atoms with E-state index in [9.17, 15) is 5.11 Å². The highest BCUT2D eigenvalue weighted by atomic mass is 16.5. The Morgan fingerprint density at radius 1 is 1.07 bits per heavy atom. The lowest BCUT2D eigenvalue weighted by Gasteiger charge is -2.37. The molecule has 0 amide bonds. The highest BCUT2D eigenvalue weighted by Gasteiger charge is 2.21. The van der Waals surface area contributed by atoms with Crippen LogP contribution in [0.1, 0.15) is 51.4 Å². The second-order valence-corrected chi connectivity index (χ2v) is 8.13. The smallest absolute Gasteiger partial charge is 0.193 e. The zero-order chi connectivity index (χ0) is 20.3. The minimum atomic E-state index is 0.356. The van der Waals surface area contributed by atoms with E-state index >= 15 is 0 Å². The van der Waals surface area contributed by atoms with Gasteiger partial charge in [-0.05, 0) is 37.8 Å². The number of aliphatic imine (C=N–C) groups is 1. The number of unbranched alkanes of at least 4 members (excludes halogenated alkanes) is 1. The molecule has 0 radical (unpaired) electrons. The van der Waals surface area contributed by atoms with Crippen LogP contribution in [-0.2, 0) is 4.74 Å². The van der Waals surface area contributed by atoms with E-state index in [1.807, 2.05) is 25.2 Å². The third-order valence-electron chi connectivity index (χ3n) is 6.02. The SMILES string of the molecule is CN=C(NCCCCOC1CCCCCC1)N1CCN(c2ccccc2O)CC1. The van der Waals surface area contributed by atoms with E-state index in [1.165, 1.54) is 38.5 Å². The van der Waals surface area contributed by atoms with Crippen molar-refractivity contribution < 1.29 is 9.84 Å². The summed E-state index contributed by atoms with van der Waals surface area (Å²) in [5.74, 6) is 1.33. The maximum Gasteiger partial charge on any atom is 0.193 e. The van der Waals surface area contributed by atoms with Crippen LogP contribution in [0.5, 0.6) is 5.75 Å². The van der Waals surface area contributed by atoms with Gasteiger partial charge in [-0.25, -0.2) is 0 Å². The van der Waals surface area contributed by atoms with Crippen molar-refractivity contribution in [3.8, 4) is 5.75 Å². The molecular weight excluding hydrogens is 364 g/mol. The molecule has 0 atom stereocenters. The van der Waals surface area contributed by atoms with Gasteiger partial charge in [-0.2, -0.15) is 0 Å². The second kappa shape index (κ2) is 11.9. The number of nitrogens with zero attached hydrogens (tertiary/aromatic N) is 3. The number of anilines is 1. The first-order valence-electron chi connectivity index (χ1n) is 11.4. The first-order chi connectivity index (χ1) is 14.3. The van der Waals surface area contributed by atoms with Crippen LogP contribution >= 0.6 is 0 Å². The van der Waals surface area contributed by atoms with Crippen molar-refractivity contribution in [3.05, 3.63) is 24.3 Å². The molecule has 6 nitrogen and oxygen atoms in total. The molecule has 6 heteroatoms. The molecule has 3 rings (SSSR count). The number of phenols is 1. The standard InChI is InChI=1S/C23H38N4O2/c1-24-23(25-14-8-9-19-29-20-10-4-2-3-5-11-20)27-17-15-26(16-18-27)21-12-6-7-13-22(21)28/h6-7,12-13,20,28H,2-5,8-11,14-19H2,1H3,(H,24,25). The van der Waals surface area contributed by atoms with Gasteiger partial charge in [0.05, 0.1) is 11.8 Å². The predicted molar refractivity (Wildman–Crippen MR) is 120 cm³/mol. The monoisotopic (exact) mass is 402 g/mol. The van der Waals surface area contributed by atoms with Crippen LogP contribution in [-0.4, -0.2) is 68.4 Å². The van der Waals surface area contributed by atoms with E-state index in [-0.39, 0.29) is 0 Å². The number of hydrogen-bond acceptors (Lipinski definition) is 4. The van der Waals surface area contributed by atoms with Crippen molar-refractivity contribution in [2.24, 2.45) is 4.99 Å². The Morgan fingerprint density at radius 2 is 1.79 bits per heavy atom. The lowest BCUT2D eigenvalue weighted by Crippen LogP contribution is -2.52. The van der Waals surface area contributed by atoms with Gasteiger partial charge in [-0.1, -0.05) is 37.8 Å². The van der Waals surface area contributed by atoms with Crippen molar-refractivity contribution >= 4 is 11.6 Å². The largest absolute Gasteiger partial charge is 0.506 e. The highest BCUT2D eigenvalue weighted by Crippen LogP contribution is 2.27. The van der Waals surface area contributed by atoms with Crippen LogP contribution in [0.15, 0.2) is 29.3 Å². The molecule has 29 heavy (non-hydrogen) atoms. The van der Waals surface area contributed by atoms with Crippen molar-refractivity contribution in [1.82, 2.24) is 10.2 Å². The van der Waals surface area contributed by atoms with Crippen LogP contribution in [0.4, 0.5) is 5.69 Å². The van der Waals surface area contributed by atoms with Crippen LogP contribution in [0.3, 0.4) is 0 Å². The van der Waals surface area contributed by atoms with Gasteiger partial charge in [0.15, 0.2) is 5.96 Å². The molecule has 1 aromatic rings. The quantitative estimate of drug-likeness (QED) is 0.316. The lowest BCUT2D eigenvalue weighted by molar-refractivity contribution is 0.0411. The molecule has 2 aliphatic rings. The van der Waals surface area contributed by atoms with Crippen LogP contribution in [0.2, 0.25) is 0 Å². The number of piperazine rings is 1. The Kier molecular flexibility index (Phi) is 8.93. The predicted octanol–water partition coefficient (Wildman–Crippen LogP) is 3.61. The summed E-state index contributed by atoms with van der Waals surface area (Å²) in [7, 11) is 1.85. The summed E-state index contributed by atoms with van der Waals surface area (Å²) < 4.78 is 6.08. The molecular formula is C23H38N4O2. The minimum Gasteiger partial charge on any atom is -0.506 e. The number of hydrogen-bond donors (Lipinski definition) is 2. The molecule has 2 fully saturated rings. The normalized spacial score (nSPS) is 19.3. The van der Waals surface area contributed by atoms with Crippen molar-refractivity contribution in [2.75, 3.05) is 51.3 Å². The highest BCUT2D eigenvalue weighted by molar-refractivity contribution is 5.80. The van der Waals surface area contributed by atoms with Gasteiger partial charge in [0, 0.05) is 46.4 Å². The summed E-state index contributed by atoms with van der Waals surface area (Å²) in [4.78, 5) is 9.01. The van der Waals surface area contributed by atoms with E-state index < -0.39 is 0 Å². The number of guanidine groups is 1. The van der Waals surface area contributed by atoms with Crippen molar-refractivity contribution in [2.45, 2.75) is 57.5 Å². The first-order valence-corrected chi connectivity index (χ1v) is 11.4. The number of aromatic hydroxyl groups is 1. The number of para-hydroxylation sites is 2. The van der Waals surface area contributed by atoms with Gasteiger partial charge in [0.25, 0.3) is 0 Å². The summed E-state index contributed by atoms with van der Waals surface area (Å²) in [6.45, 7) is 5.38. The molecule has 1 saturated heterocycles. The Bertz CT molecular complexity index is 621. The Balaban J connectivity index is 1.31. The summed E-state index contributed by atoms with van der Waals surface area (Å²) in [6, 6.07) is 7.57. The molecule has 1 heterocycles. The zero-order valence-electron chi connectivity index (χ0n) is 18.0. The van der Waals surface area contributed by atoms with Gasteiger partial charge < -0.3 is 25.0 Å². The average Bonchev–Trinajstić information content (AvgIpc) is 3.03. The summed E-state index contributed by atoms with van der Waals surface area (Å²) in [5.41, 5.74) is 0.920. The van der Waals surface area contributed by atoms with E-state index in [0.717, 1.165) is 63.8 Å². The molecule has 0 unspecified atom stereocenters. The van der Waals surface area contributed by atoms with Crippen LogP contribution in [0.25, 0.3) is 0 Å². The molecule has 2 N–H and O–H groups in total. The van der Waals surface area contributed by atoms with Crippen LogP contribution < -0.4 is 10.2 Å². The molecule has 1 aliphatic carbocycles. The Hall–Kier alpha value is -1.95. The summed E-state index contributed by atoms with van der Waals surface area (Å²) in [6.07, 6.45) is 10.6. The van der Waals surface area contributed by atoms with Gasteiger partial charge in [0.1, 0.15) is 5.75 Å². The average molecular weight is 403 g/mol. The number of nitrogens with one attached hydrogen (secondary N) is 1. The fraction of sp³-hybridized carbons (Fsp3) is 0.696. The molecule has 1 aromatic carbocycles. The van der Waals surface area contributed by atoms with Gasteiger partial charge in [-0.15, -0.1) is 0 Å². The van der Waals surface area contributed by atoms with E-state index in [4.69, 9.17) is 4.74 Å². The van der Waals surface area contributed by atoms with Gasteiger partial charge >= 0.3 is 0 Å². The van der Waals surface area contributed by atoms with E-state index in [1.54, 1.807) is 6.07 Å². The fourth-order valence-corrected chi connectivity index (χ4v) is 4.31. The number of rotatable bonds is 7. The topological polar surface area (TPSA) is 60.3 Å². The Labute approximate surface area is 175 Å². The van der Waals surface area contributed by atoms with E-state index in [0.29, 0.717) is 11.9 Å². The maximum atomic E-state index is 10.1. The van der Waals surface area contributed by atoms with E-state index in [2.05, 4.69) is 20.1 Å². The first kappa shape index (κ1) is 21.8. The lowest BCUT2D eigenvalue weighted by atomic mass is 10.1. The maximum absolute atomic E-state index is 10.1.